The van der Waals surface area contributed by atoms with Gasteiger partial charge >= 0.3 is 5.97 Å². The van der Waals surface area contributed by atoms with Crippen molar-refractivity contribution in [3.63, 3.8) is 0 Å². The molecule has 0 aromatic heterocycles. The Morgan fingerprint density at radius 1 is 0.769 bits per heavy atom. The highest BCUT2D eigenvalue weighted by atomic mass is 16.5. The summed E-state index contributed by atoms with van der Waals surface area (Å²) in [4.78, 5) is 12.5. The average Bonchev–Trinajstić information content (AvgIpc) is 2.70. The Kier molecular flexibility index (Phi) is 6.54. The number of esters is 1. The fourth-order valence-electron chi connectivity index (χ4n) is 2.48. The lowest BCUT2D eigenvalue weighted by Crippen LogP contribution is -2.09. The highest BCUT2D eigenvalue weighted by molar-refractivity contribution is 5.94. The number of rotatable bonds is 8. The molecule has 140 valence electrons. The lowest BCUT2D eigenvalue weighted by molar-refractivity contribution is 0.0465. The van der Waals surface area contributed by atoms with Crippen molar-refractivity contribution >= 4 is 5.97 Å². The van der Waals surface area contributed by atoms with Gasteiger partial charge in [0.25, 0.3) is 0 Å². The minimum Gasteiger partial charge on any atom is -0.497 e. The van der Waals surface area contributed by atoms with E-state index in [1.807, 2.05) is 0 Å². The van der Waals surface area contributed by atoms with Gasteiger partial charge in [-0.2, -0.15) is 0 Å². The van der Waals surface area contributed by atoms with E-state index >= 15 is 0 Å². The van der Waals surface area contributed by atoms with Crippen molar-refractivity contribution in [2.45, 2.75) is 6.61 Å². The first-order chi connectivity index (χ1) is 12.6. The van der Waals surface area contributed by atoms with E-state index in [-0.39, 0.29) is 17.9 Å². The molecule has 0 spiro atoms. The van der Waals surface area contributed by atoms with E-state index in [1.165, 1.54) is 21.3 Å². The van der Waals surface area contributed by atoms with Crippen LogP contribution in [0.15, 0.2) is 30.3 Å². The van der Waals surface area contributed by atoms with Gasteiger partial charge in [-0.3, -0.25) is 0 Å². The predicted molar refractivity (Wildman–Crippen MR) is 94.8 cm³/mol. The van der Waals surface area contributed by atoms with Crippen LogP contribution in [0, 0.1) is 0 Å². The molecule has 0 heterocycles. The summed E-state index contributed by atoms with van der Waals surface area (Å²) in [5, 5.41) is 0. The summed E-state index contributed by atoms with van der Waals surface area (Å²) >= 11 is 0. The van der Waals surface area contributed by atoms with Gasteiger partial charge in [0, 0.05) is 5.56 Å². The van der Waals surface area contributed by atoms with E-state index in [4.69, 9.17) is 28.4 Å². The normalized spacial score (nSPS) is 10.0. The van der Waals surface area contributed by atoms with E-state index in [2.05, 4.69) is 0 Å². The van der Waals surface area contributed by atoms with Crippen molar-refractivity contribution in [3.05, 3.63) is 41.5 Å². The van der Waals surface area contributed by atoms with Gasteiger partial charge in [0.1, 0.15) is 23.7 Å². The van der Waals surface area contributed by atoms with Crippen molar-refractivity contribution < 1.29 is 33.2 Å². The van der Waals surface area contributed by atoms with Crippen molar-refractivity contribution in [2.75, 3.05) is 35.5 Å². The molecule has 2 aromatic rings. The molecule has 7 heteroatoms. The third-order valence-electron chi connectivity index (χ3n) is 3.77. The molecule has 26 heavy (non-hydrogen) atoms. The molecule has 0 atom stereocenters. The summed E-state index contributed by atoms with van der Waals surface area (Å²) in [6.07, 6.45) is 0. The molecule has 0 fully saturated rings. The van der Waals surface area contributed by atoms with Crippen LogP contribution >= 0.6 is 0 Å². The zero-order valence-electron chi connectivity index (χ0n) is 15.5. The first-order valence-electron chi connectivity index (χ1n) is 7.76. The Bertz CT molecular complexity index is 771. The second kappa shape index (κ2) is 8.84. The van der Waals surface area contributed by atoms with E-state index < -0.39 is 5.97 Å². The summed E-state index contributed by atoms with van der Waals surface area (Å²) in [6, 6.07) is 8.44. The molecular weight excluding hydrogens is 340 g/mol. The monoisotopic (exact) mass is 362 g/mol. The maximum absolute atomic E-state index is 12.5. The fourth-order valence-corrected chi connectivity index (χ4v) is 2.48. The van der Waals surface area contributed by atoms with Gasteiger partial charge in [-0.25, -0.2) is 4.79 Å². The van der Waals surface area contributed by atoms with Gasteiger partial charge in [0.15, 0.2) is 11.5 Å². The summed E-state index contributed by atoms with van der Waals surface area (Å²) in [5.41, 5.74) is 0.909. The van der Waals surface area contributed by atoms with Crippen LogP contribution in [-0.2, 0) is 11.3 Å². The molecule has 0 radical (unpaired) electrons. The summed E-state index contributed by atoms with van der Waals surface area (Å²) < 4.78 is 31.7. The van der Waals surface area contributed by atoms with Crippen molar-refractivity contribution in [3.8, 4) is 28.7 Å². The Balaban J connectivity index is 2.26. The third kappa shape index (κ3) is 3.93. The van der Waals surface area contributed by atoms with Gasteiger partial charge in [-0.05, 0) is 30.3 Å². The highest BCUT2D eigenvalue weighted by Crippen LogP contribution is 2.40. The lowest BCUT2D eigenvalue weighted by atomic mass is 10.1. The number of carbonyl (C=O) groups is 1. The minimum absolute atomic E-state index is 0.0106. The summed E-state index contributed by atoms with van der Waals surface area (Å²) in [5.74, 6) is 1.69. The molecular formula is C19H22O7. The van der Waals surface area contributed by atoms with Crippen LogP contribution in [0.3, 0.4) is 0 Å². The largest absolute Gasteiger partial charge is 0.497 e. The fraction of sp³-hybridized carbons (Fsp3) is 0.316. The molecule has 0 aliphatic carbocycles. The highest BCUT2D eigenvalue weighted by Gasteiger charge is 2.22. The lowest BCUT2D eigenvalue weighted by Gasteiger charge is -2.15. The third-order valence-corrected chi connectivity index (χ3v) is 3.77. The van der Waals surface area contributed by atoms with Crippen molar-refractivity contribution in [1.29, 1.82) is 0 Å². The predicted octanol–water partition coefficient (Wildman–Crippen LogP) is 3.09. The van der Waals surface area contributed by atoms with Crippen LogP contribution in [-0.4, -0.2) is 41.5 Å². The quantitative estimate of drug-likeness (QED) is 0.668. The van der Waals surface area contributed by atoms with Crippen LogP contribution in [0.1, 0.15) is 15.9 Å². The average molecular weight is 362 g/mol. The van der Waals surface area contributed by atoms with Crippen LogP contribution < -0.4 is 23.7 Å². The van der Waals surface area contributed by atoms with E-state index in [9.17, 15) is 4.79 Å². The molecule has 0 unspecified atom stereocenters. The minimum atomic E-state index is -0.562. The first kappa shape index (κ1) is 19.2. The van der Waals surface area contributed by atoms with Gasteiger partial charge < -0.3 is 28.4 Å². The first-order valence-corrected chi connectivity index (χ1v) is 7.76. The van der Waals surface area contributed by atoms with Crippen LogP contribution in [0.4, 0.5) is 0 Å². The molecule has 7 nitrogen and oxygen atoms in total. The number of methoxy groups -OCH3 is 5. The van der Waals surface area contributed by atoms with Gasteiger partial charge in [0.05, 0.1) is 35.5 Å². The topological polar surface area (TPSA) is 72.5 Å². The maximum atomic E-state index is 12.5. The number of ether oxygens (including phenoxy) is 6. The number of benzene rings is 2. The molecule has 0 aliphatic rings. The number of hydrogen-bond acceptors (Lipinski definition) is 7. The standard InChI is InChI=1S/C19H22O7/c1-21-13-6-8-15(22-2)12(10-13)11-26-19(20)14-7-9-16(23-3)18(25-5)17(14)24-4/h6-10H,11H2,1-5H3. The Labute approximate surface area is 152 Å². The van der Waals surface area contributed by atoms with Gasteiger partial charge in [0.2, 0.25) is 5.75 Å². The SMILES string of the molecule is COc1ccc(OC)c(COC(=O)c2ccc(OC)c(OC)c2OC)c1. The molecule has 0 saturated heterocycles. The van der Waals surface area contributed by atoms with Crippen LogP contribution in [0.25, 0.3) is 0 Å². The molecule has 2 rings (SSSR count). The van der Waals surface area contributed by atoms with Gasteiger partial charge in [-0.15, -0.1) is 0 Å². The number of carbonyl (C=O) groups excluding carboxylic acids is 1. The van der Waals surface area contributed by atoms with Crippen molar-refractivity contribution in [2.24, 2.45) is 0 Å². The Morgan fingerprint density at radius 3 is 2.00 bits per heavy atom. The van der Waals surface area contributed by atoms with Crippen molar-refractivity contribution in [1.82, 2.24) is 0 Å². The summed E-state index contributed by atoms with van der Waals surface area (Å²) in [6.45, 7) is 0.0106. The Hall–Kier alpha value is -3.09. The molecule has 0 bridgehead atoms. The molecule has 0 aliphatic heterocycles. The van der Waals surface area contributed by atoms with Gasteiger partial charge in [-0.1, -0.05) is 0 Å². The molecule has 0 saturated carbocycles. The zero-order valence-corrected chi connectivity index (χ0v) is 15.5. The van der Waals surface area contributed by atoms with E-state index in [0.717, 1.165) is 0 Å². The smallest absolute Gasteiger partial charge is 0.342 e. The number of hydrogen-bond donors (Lipinski definition) is 0. The molecule has 2 aromatic carbocycles. The molecule has 0 amide bonds. The van der Waals surface area contributed by atoms with Crippen LogP contribution in [0.2, 0.25) is 0 Å². The Morgan fingerprint density at radius 2 is 1.42 bits per heavy atom. The second-order valence-electron chi connectivity index (χ2n) is 5.14. The van der Waals surface area contributed by atoms with E-state index in [0.29, 0.717) is 28.6 Å². The van der Waals surface area contributed by atoms with E-state index in [1.54, 1.807) is 44.6 Å². The maximum Gasteiger partial charge on any atom is 0.342 e. The molecule has 0 N–H and O–H groups in total. The second-order valence-corrected chi connectivity index (χ2v) is 5.14. The zero-order chi connectivity index (χ0) is 19.1. The summed E-state index contributed by atoms with van der Waals surface area (Å²) in [7, 11) is 7.52. The van der Waals surface area contributed by atoms with Crippen LogP contribution in [0.5, 0.6) is 28.7 Å².